The molecule has 1 saturated heterocycles. The van der Waals surface area contributed by atoms with Crippen molar-refractivity contribution in [2.45, 2.75) is 38.8 Å². The topological polar surface area (TPSA) is 86.0 Å². The molecule has 1 fully saturated rings. The lowest BCUT2D eigenvalue weighted by Crippen LogP contribution is -2.39. The minimum Gasteiger partial charge on any atom is -0.355 e. The van der Waals surface area contributed by atoms with Crippen molar-refractivity contribution in [3.05, 3.63) is 47.1 Å². The maximum Gasteiger partial charge on any atom is 0.219 e. The second-order valence-electron chi connectivity index (χ2n) is 6.61. The molecule has 140 valence electrons. The highest BCUT2D eigenvalue weighted by molar-refractivity contribution is 6.33. The largest absolute Gasteiger partial charge is 0.355 e. The van der Waals surface area contributed by atoms with E-state index in [4.69, 9.17) is 16.9 Å². The van der Waals surface area contributed by atoms with Crippen LogP contribution in [0.25, 0.3) is 0 Å². The number of anilines is 1. The Hall–Kier alpha value is -2.72. The van der Waals surface area contributed by atoms with E-state index in [1.54, 1.807) is 31.6 Å². The Balaban J connectivity index is 1.71. The molecule has 0 aliphatic carbocycles. The third-order valence-electron chi connectivity index (χ3n) is 4.76. The summed E-state index contributed by atoms with van der Waals surface area (Å²) >= 11 is 6.32. The first kappa shape index (κ1) is 19.1. The Kier molecular flexibility index (Phi) is 6.20. The fourth-order valence-corrected chi connectivity index (χ4v) is 3.72. The number of pyridine rings is 1. The molecule has 0 radical (unpaired) electrons. The fourth-order valence-electron chi connectivity index (χ4n) is 3.43. The Morgan fingerprint density at radius 2 is 2.11 bits per heavy atom. The van der Waals surface area contributed by atoms with Gasteiger partial charge in [-0.05, 0) is 25.3 Å². The summed E-state index contributed by atoms with van der Waals surface area (Å²) in [5.74, 6) is 0.744. The molecule has 1 amide bonds. The van der Waals surface area contributed by atoms with Gasteiger partial charge in [-0.3, -0.25) is 4.79 Å². The first-order valence-corrected chi connectivity index (χ1v) is 9.28. The van der Waals surface area contributed by atoms with Crippen molar-refractivity contribution < 1.29 is 4.79 Å². The van der Waals surface area contributed by atoms with Crippen LogP contribution < -0.4 is 4.90 Å². The van der Waals surface area contributed by atoms with Crippen LogP contribution in [0.1, 0.15) is 37.3 Å². The molecule has 3 heterocycles. The number of hydrogen-bond donors (Lipinski definition) is 0. The van der Waals surface area contributed by atoms with Crippen molar-refractivity contribution >= 4 is 23.3 Å². The van der Waals surface area contributed by atoms with Crippen LogP contribution in [0.4, 0.5) is 5.82 Å². The predicted molar refractivity (Wildman–Crippen MR) is 102 cm³/mol. The van der Waals surface area contributed by atoms with Crippen LogP contribution in [0.15, 0.2) is 31.0 Å². The van der Waals surface area contributed by atoms with E-state index in [2.05, 4.69) is 19.9 Å². The number of nitrogens with zero attached hydrogens (tertiary/aromatic N) is 6. The predicted octanol–water partition coefficient (Wildman–Crippen LogP) is 2.80. The van der Waals surface area contributed by atoms with Gasteiger partial charge >= 0.3 is 0 Å². The molecule has 1 aliphatic heterocycles. The van der Waals surface area contributed by atoms with E-state index in [0.29, 0.717) is 22.9 Å². The first-order valence-electron chi connectivity index (χ1n) is 8.90. The van der Waals surface area contributed by atoms with Crippen molar-refractivity contribution in [2.24, 2.45) is 0 Å². The number of nitriles is 1. The summed E-state index contributed by atoms with van der Waals surface area (Å²) in [6.07, 6.45) is 9.18. The van der Waals surface area contributed by atoms with Crippen LogP contribution in [-0.2, 0) is 11.3 Å². The van der Waals surface area contributed by atoms with Crippen LogP contribution in [0.2, 0.25) is 5.02 Å². The highest BCUT2D eigenvalue weighted by atomic mass is 35.5. The summed E-state index contributed by atoms with van der Waals surface area (Å²) < 4.78 is 0. The summed E-state index contributed by atoms with van der Waals surface area (Å²) in [6.45, 7) is 3.68. The minimum atomic E-state index is 0.0480. The highest BCUT2D eigenvalue weighted by Gasteiger charge is 2.26. The summed E-state index contributed by atoms with van der Waals surface area (Å²) in [4.78, 5) is 28.7. The molecular weight excluding hydrogens is 364 g/mol. The third-order valence-corrected chi connectivity index (χ3v) is 5.04. The molecule has 2 aromatic rings. The molecule has 27 heavy (non-hydrogen) atoms. The maximum absolute atomic E-state index is 12.2. The third kappa shape index (κ3) is 4.72. The molecule has 0 saturated carbocycles. The molecule has 2 aromatic heterocycles. The van der Waals surface area contributed by atoms with Crippen molar-refractivity contribution in [3.8, 4) is 6.07 Å². The SMILES string of the molecule is CC(=O)N(Cc1cncnc1)C1CCCN(c2ncc(C#N)cc2Cl)CC1. The van der Waals surface area contributed by atoms with Gasteiger partial charge in [0.1, 0.15) is 18.2 Å². The quantitative estimate of drug-likeness (QED) is 0.805. The highest BCUT2D eigenvalue weighted by Crippen LogP contribution is 2.28. The van der Waals surface area contributed by atoms with Crippen LogP contribution in [0.5, 0.6) is 0 Å². The molecule has 0 spiro atoms. The van der Waals surface area contributed by atoms with E-state index in [9.17, 15) is 4.79 Å². The molecule has 0 aromatic carbocycles. The number of carbonyl (C=O) groups is 1. The van der Waals surface area contributed by atoms with Gasteiger partial charge < -0.3 is 9.80 Å². The Morgan fingerprint density at radius 3 is 2.78 bits per heavy atom. The van der Waals surface area contributed by atoms with E-state index in [1.165, 1.54) is 6.33 Å². The molecule has 0 bridgehead atoms. The average Bonchev–Trinajstić information content (AvgIpc) is 2.92. The molecular formula is C19H21ClN6O. The van der Waals surface area contributed by atoms with Crippen molar-refractivity contribution in [3.63, 3.8) is 0 Å². The van der Waals surface area contributed by atoms with Crippen LogP contribution in [0, 0.1) is 11.3 Å². The Labute approximate surface area is 163 Å². The van der Waals surface area contributed by atoms with E-state index in [-0.39, 0.29) is 11.9 Å². The van der Waals surface area contributed by atoms with Crippen LogP contribution in [-0.4, -0.2) is 44.9 Å². The molecule has 1 atom stereocenters. The number of hydrogen-bond acceptors (Lipinski definition) is 6. The lowest BCUT2D eigenvalue weighted by Gasteiger charge is -2.30. The van der Waals surface area contributed by atoms with Gasteiger partial charge in [0, 0.05) is 56.8 Å². The average molecular weight is 385 g/mol. The van der Waals surface area contributed by atoms with E-state index >= 15 is 0 Å². The van der Waals surface area contributed by atoms with Gasteiger partial charge in [0.05, 0.1) is 10.6 Å². The van der Waals surface area contributed by atoms with E-state index in [0.717, 1.165) is 37.9 Å². The monoisotopic (exact) mass is 384 g/mol. The van der Waals surface area contributed by atoms with Gasteiger partial charge in [-0.25, -0.2) is 15.0 Å². The molecule has 8 heteroatoms. The standard InChI is InChI=1S/C19H21ClN6O/c1-14(27)26(12-16-9-22-13-23-10-16)17-3-2-5-25(6-4-17)19-18(20)7-15(8-21)11-24-19/h7,9-11,13,17H,2-6,12H2,1H3. The van der Waals surface area contributed by atoms with Crippen molar-refractivity contribution in [2.75, 3.05) is 18.0 Å². The molecule has 7 nitrogen and oxygen atoms in total. The van der Waals surface area contributed by atoms with Gasteiger partial charge in [-0.1, -0.05) is 11.6 Å². The van der Waals surface area contributed by atoms with Gasteiger partial charge in [-0.2, -0.15) is 5.26 Å². The number of amides is 1. The minimum absolute atomic E-state index is 0.0480. The Bertz CT molecular complexity index is 838. The van der Waals surface area contributed by atoms with Gasteiger partial charge in [0.2, 0.25) is 5.91 Å². The van der Waals surface area contributed by atoms with Gasteiger partial charge in [-0.15, -0.1) is 0 Å². The zero-order valence-corrected chi connectivity index (χ0v) is 15.9. The zero-order chi connectivity index (χ0) is 19.2. The summed E-state index contributed by atoms with van der Waals surface area (Å²) in [5, 5.41) is 9.45. The number of halogens is 1. The summed E-state index contributed by atoms with van der Waals surface area (Å²) in [5.41, 5.74) is 1.37. The maximum atomic E-state index is 12.2. The normalized spacial score (nSPS) is 17.1. The summed E-state index contributed by atoms with van der Waals surface area (Å²) in [7, 11) is 0. The number of aromatic nitrogens is 3. The second-order valence-corrected chi connectivity index (χ2v) is 7.01. The number of rotatable bonds is 4. The Morgan fingerprint density at radius 1 is 1.33 bits per heavy atom. The molecule has 1 aliphatic rings. The van der Waals surface area contributed by atoms with Crippen molar-refractivity contribution in [1.29, 1.82) is 5.26 Å². The fraction of sp³-hybridized carbons (Fsp3) is 0.421. The second kappa shape index (κ2) is 8.78. The zero-order valence-electron chi connectivity index (χ0n) is 15.2. The van der Waals surface area contributed by atoms with E-state index in [1.807, 2.05) is 11.0 Å². The van der Waals surface area contributed by atoms with Crippen LogP contribution >= 0.6 is 11.6 Å². The number of carbonyl (C=O) groups excluding carboxylic acids is 1. The summed E-state index contributed by atoms with van der Waals surface area (Å²) in [6, 6.07) is 3.83. The molecule has 3 rings (SSSR count). The van der Waals surface area contributed by atoms with Gasteiger partial charge in [0.15, 0.2) is 0 Å². The molecule has 1 unspecified atom stereocenters. The lowest BCUT2D eigenvalue weighted by atomic mass is 10.1. The van der Waals surface area contributed by atoms with Crippen molar-refractivity contribution in [1.82, 2.24) is 19.9 Å². The first-order chi connectivity index (χ1) is 13.1. The molecule has 0 N–H and O–H groups in total. The smallest absolute Gasteiger partial charge is 0.219 e. The van der Waals surface area contributed by atoms with E-state index < -0.39 is 0 Å². The lowest BCUT2D eigenvalue weighted by molar-refractivity contribution is -0.132. The van der Waals surface area contributed by atoms with Crippen LogP contribution in [0.3, 0.4) is 0 Å². The van der Waals surface area contributed by atoms with Gasteiger partial charge in [0.25, 0.3) is 0 Å².